The number of aromatic nitrogens is 2. The Morgan fingerprint density at radius 2 is 2.06 bits per heavy atom. The van der Waals surface area contributed by atoms with Crippen molar-refractivity contribution in [1.29, 1.82) is 0 Å². The van der Waals surface area contributed by atoms with E-state index in [1.807, 2.05) is 0 Å². The van der Waals surface area contributed by atoms with E-state index in [9.17, 15) is 9.46 Å². The fraction of sp³-hybridized carbons (Fsp3) is 0.182. The van der Waals surface area contributed by atoms with E-state index in [0.717, 1.165) is 0 Å². The van der Waals surface area contributed by atoms with Gasteiger partial charge in [0.2, 0.25) is 5.57 Å². The molecule has 1 unspecified atom stereocenters. The molecule has 90 valence electrons. The summed E-state index contributed by atoms with van der Waals surface area (Å²) in [5.74, 6) is 0. The molecule has 2 rings (SSSR count). The minimum Gasteiger partial charge on any atom is -0.364 e. The maximum Gasteiger partial charge on any atom is 1.00 e. The molecular formula is C11H13KN2O3P+. The van der Waals surface area contributed by atoms with E-state index >= 15 is 0 Å². The molecular weight excluding hydrogens is 278 g/mol. The first-order valence-electron chi connectivity index (χ1n) is 5.05. The standard InChI is InChI=1S/C11H13N2O3P.K/c1-16-9-13-8-7-12-11(13)17(14,15)10-5-3-2-4-6-10;/h2-8H,9H2,1H3,(H,14,15);/q;+1. The van der Waals surface area contributed by atoms with Gasteiger partial charge in [-0.1, -0.05) is 18.2 Å². The number of hydrogen-bond donors (Lipinski definition) is 1. The molecule has 0 amide bonds. The van der Waals surface area contributed by atoms with Crippen LogP contribution in [0.3, 0.4) is 0 Å². The Morgan fingerprint density at radius 3 is 2.67 bits per heavy atom. The molecule has 0 bridgehead atoms. The molecule has 0 saturated carbocycles. The van der Waals surface area contributed by atoms with Crippen molar-refractivity contribution in [3.05, 3.63) is 42.7 Å². The van der Waals surface area contributed by atoms with Crippen LogP contribution in [0, 0.1) is 0 Å². The molecule has 1 atom stereocenters. The number of rotatable bonds is 4. The number of methoxy groups -OCH3 is 1. The summed E-state index contributed by atoms with van der Waals surface area (Å²) in [6, 6.07) is 8.48. The minimum atomic E-state index is -3.64. The van der Waals surface area contributed by atoms with Gasteiger partial charge in [0.05, 0.1) is 0 Å². The maximum atomic E-state index is 12.4. The van der Waals surface area contributed by atoms with Crippen LogP contribution in [0.5, 0.6) is 0 Å². The van der Waals surface area contributed by atoms with Gasteiger partial charge in [-0.15, -0.1) is 0 Å². The predicted molar refractivity (Wildman–Crippen MR) is 64.8 cm³/mol. The molecule has 0 spiro atoms. The molecule has 1 aromatic carbocycles. The number of benzene rings is 1. The molecule has 0 fully saturated rings. The minimum absolute atomic E-state index is 0. The van der Waals surface area contributed by atoms with Crippen LogP contribution in [0.4, 0.5) is 0 Å². The molecule has 1 aromatic heterocycles. The third-order valence-electron chi connectivity index (χ3n) is 2.34. The third kappa shape index (κ3) is 3.40. The summed E-state index contributed by atoms with van der Waals surface area (Å²) in [6.45, 7) is 0.201. The van der Waals surface area contributed by atoms with Crippen molar-refractivity contribution in [1.82, 2.24) is 9.55 Å². The molecule has 0 aliphatic carbocycles. The molecule has 18 heavy (non-hydrogen) atoms. The van der Waals surface area contributed by atoms with Gasteiger partial charge in [0, 0.05) is 24.8 Å². The predicted octanol–water partition coefficient (Wildman–Crippen LogP) is -2.29. The normalized spacial score (nSPS) is 13.7. The van der Waals surface area contributed by atoms with Crippen LogP contribution in [-0.2, 0) is 16.0 Å². The van der Waals surface area contributed by atoms with Gasteiger partial charge in [-0.3, -0.25) is 4.57 Å². The Hall–Kier alpha value is 0.216. The van der Waals surface area contributed by atoms with E-state index in [0.29, 0.717) is 5.30 Å². The fourth-order valence-electron chi connectivity index (χ4n) is 1.56. The molecule has 5 nitrogen and oxygen atoms in total. The number of ether oxygens (including phenoxy) is 1. The van der Waals surface area contributed by atoms with E-state index in [2.05, 4.69) is 4.98 Å². The molecule has 0 aliphatic heterocycles. The molecule has 1 N–H and O–H groups in total. The molecule has 1 heterocycles. The number of imidazole rings is 1. The van der Waals surface area contributed by atoms with Crippen LogP contribution in [0.2, 0.25) is 0 Å². The van der Waals surface area contributed by atoms with Crippen molar-refractivity contribution in [3.63, 3.8) is 0 Å². The zero-order chi connectivity index (χ0) is 12.3. The van der Waals surface area contributed by atoms with Gasteiger partial charge in [0.25, 0.3) is 7.37 Å². The van der Waals surface area contributed by atoms with Crippen LogP contribution in [0.15, 0.2) is 42.7 Å². The second kappa shape index (κ2) is 7.12. The zero-order valence-electron chi connectivity index (χ0n) is 10.4. The van der Waals surface area contributed by atoms with Crippen LogP contribution in [0.25, 0.3) is 0 Å². The zero-order valence-corrected chi connectivity index (χ0v) is 14.4. The quantitative estimate of drug-likeness (QED) is 0.509. The fourth-order valence-corrected chi connectivity index (χ4v) is 3.06. The molecule has 0 saturated heterocycles. The van der Waals surface area contributed by atoms with Gasteiger partial charge in [0.15, 0.2) is 0 Å². The summed E-state index contributed by atoms with van der Waals surface area (Å²) in [5, 5.41) is 0.364. The number of hydrogen-bond acceptors (Lipinski definition) is 3. The van der Waals surface area contributed by atoms with Crippen molar-refractivity contribution < 1.29 is 65.6 Å². The first-order chi connectivity index (χ1) is 8.16. The van der Waals surface area contributed by atoms with E-state index in [4.69, 9.17) is 4.74 Å². The van der Waals surface area contributed by atoms with Gasteiger partial charge in [-0.25, -0.2) is 4.98 Å². The SMILES string of the molecule is COCn1ccnc1P(=O)(O)c1ccccc1.[K+]. The van der Waals surface area contributed by atoms with Gasteiger partial charge >= 0.3 is 51.4 Å². The first kappa shape index (κ1) is 16.3. The Kier molecular flexibility index (Phi) is 6.44. The molecule has 0 radical (unpaired) electrons. The smallest absolute Gasteiger partial charge is 0.364 e. The summed E-state index contributed by atoms with van der Waals surface area (Å²) < 4.78 is 18.9. The first-order valence-corrected chi connectivity index (χ1v) is 6.71. The Labute approximate surface area is 148 Å². The van der Waals surface area contributed by atoms with Crippen LogP contribution < -0.4 is 62.3 Å². The summed E-state index contributed by atoms with van der Waals surface area (Å²) in [5.41, 5.74) is 0.130. The summed E-state index contributed by atoms with van der Waals surface area (Å²) in [7, 11) is -2.12. The second-order valence-electron chi connectivity index (χ2n) is 3.53. The van der Waals surface area contributed by atoms with Gasteiger partial charge < -0.3 is 14.2 Å². The van der Waals surface area contributed by atoms with Crippen molar-refractivity contribution in [2.45, 2.75) is 6.73 Å². The maximum absolute atomic E-state index is 12.4. The Morgan fingerprint density at radius 1 is 1.39 bits per heavy atom. The van der Waals surface area contributed by atoms with E-state index in [1.54, 1.807) is 36.5 Å². The van der Waals surface area contributed by atoms with Crippen molar-refractivity contribution in [3.8, 4) is 0 Å². The molecule has 2 aromatic rings. The van der Waals surface area contributed by atoms with E-state index < -0.39 is 7.37 Å². The summed E-state index contributed by atoms with van der Waals surface area (Å²) >= 11 is 0. The van der Waals surface area contributed by atoms with Gasteiger partial charge in [-0.2, -0.15) is 0 Å². The Balaban J connectivity index is 0.00000162. The molecule has 0 aliphatic rings. The molecule has 7 heteroatoms. The Bertz CT molecular complexity index is 544. The van der Waals surface area contributed by atoms with Crippen LogP contribution in [0.1, 0.15) is 0 Å². The number of nitrogens with zero attached hydrogens (tertiary/aromatic N) is 2. The van der Waals surface area contributed by atoms with E-state index in [-0.39, 0.29) is 63.7 Å². The van der Waals surface area contributed by atoms with Gasteiger partial charge in [-0.05, 0) is 12.1 Å². The topological polar surface area (TPSA) is 64.4 Å². The average Bonchev–Trinajstić information content (AvgIpc) is 2.80. The third-order valence-corrected chi connectivity index (χ3v) is 4.25. The van der Waals surface area contributed by atoms with Crippen LogP contribution in [-0.4, -0.2) is 21.6 Å². The van der Waals surface area contributed by atoms with Crippen molar-refractivity contribution in [2.75, 3.05) is 7.11 Å². The van der Waals surface area contributed by atoms with Gasteiger partial charge in [0.1, 0.15) is 6.73 Å². The monoisotopic (exact) mass is 291 g/mol. The van der Waals surface area contributed by atoms with Crippen LogP contribution >= 0.6 is 7.37 Å². The second-order valence-corrected chi connectivity index (χ2v) is 5.59. The largest absolute Gasteiger partial charge is 1.00 e. The van der Waals surface area contributed by atoms with Crippen molar-refractivity contribution in [2.24, 2.45) is 0 Å². The van der Waals surface area contributed by atoms with E-state index in [1.165, 1.54) is 17.9 Å². The average molecular weight is 291 g/mol. The van der Waals surface area contributed by atoms with Crippen molar-refractivity contribution >= 4 is 18.2 Å². The summed E-state index contributed by atoms with van der Waals surface area (Å²) in [6.07, 6.45) is 3.10. The summed E-state index contributed by atoms with van der Waals surface area (Å²) in [4.78, 5) is 14.1.